The fourth-order valence-electron chi connectivity index (χ4n) is 3.16. The lowest BCUT2D eigenvalue weighted by atomic mass is 9.94. The Morgan fingerprint density at radius 1 is 1.27 bits per heavy atom. The van der Waals surface area contributed by atoms with Crippen molar-refractivity contribution in [2.75, 3.05) is 14.2 Å². The summed E-state index contributed by atoms with van der Waals surface area (Å²) < 4.78 is 10.3. The lowest BCUT2D eigenvalue weighted by Gasteiger charge is -2.32. The normalized spacial score (nSPS) is 16.3. The van der Waals surface area contributed by atoms with Crippen LogP contribution in [0.5, 0.6) is 11.5 Å². The molecule has 142 valence electrons. The van der Waals surface area contributed by atoms with E-state index in [4.69, 9.17) is 9.47 Å². The number of methoxy groups -OCH3 is 1. The number of nitrogens with zero attached hydrogens (tertiary/aromatic N) is 1. The summed E-state index contributed by atoms with van der Waals surface area (Å²) in [6, 6.07) is 4.96. The first-order chi connectivity index (χ1) is 12.4. The summed E-state index contributed by atoms with van der Waals surface area (Å²) in [5, 5.41) is 9.57. The molecule has 0 aliphatic heterocycles. The molecule has 6 heteroatoms. The Morgan fingerprint density at radius 3 is 2.62 bits per heavy atom. The highest BCUT2D eigenvalue weighted by Crippen LogP contribution is 2.26. The van der Waals surface area contributed by atoms with E-state index in [0.29, 0.717) is 11.3 Å². The van der Waals surface area contributed by atoms with E-state index in [1.54, 1.807) is 37.1 Å². The highest BCUT2D eigenvalue weighted by molar-refractivity contribution is 5.90. The number of carbonyl (C=O) groups is 2. The zero-order chi connectivity index (χ0) is 19.1. The van der Waals surface area contributed by atoms with Crippen molar-refractivity contribution in [3.63, 3.8) is 0 Å². The summed E-state index contributed by atoms with van der Waals surface area (Å²) in [5.41, 5.74) is 0.676. The molecule has 1 aromatic rings. The molecule has 0 bridgehead atoms. The first-order valence-electron chi connectivity index (χ1n) is 8.94. The quantitative estimate of drug-likeness (QED) is 0.622. The van der Waals surface area contributed by atoms with E-state index in [2.05, 4.69) is 0 Å². The van der Waals surface area contributed by atoms with Crippen LogP contribution in [0.15, 0.2) is 24.3 Å². The number of ether oxygens (including phenoxy) is 2. The average Bonchev–Trinajstić information content (AvgIpc) is 2.66. The first kappa shape index (κ1) is 19.8. The molecule has 1 amide bonds. The van der Waals surface area contributed by atoms with Gasteiger partial charge < -0.3 is 19.5 Å². The minimum atomic E-state index is -0.826. The van der Waals surface area contributed by atoms with Crippen LogP contribution in [0.25, 0.3) is 6.08 Å². The van der Waals surface area contributed by atoms with Gasteiger partial charge in [0.2, 0.25) is 0 Å². The lowest BCUT2D eigenvalue weighted by Crippen LogP contribution is -2.44. The number of likely N-dealkylation sites (N-methyl/N-ethyl adjacent to an activating group) is 1. The predicted octanol–water partition coefficient (Wildman–Crippen LogP) is 3.14. The van der Waals surface area contributed by atoms with E-state index >= 15 is 0 Å². The fourth-order valence-corrected chi connectivity index (χ4v) is 3.16. The molecule has 0 spiro atoms. The highest BCUT2D eigenvalue weighted by atomic mass is 16.5. The molecular formula is C20H27NO5. The van der Waals surface area contributed by atoms with E-state index < -0.39 is 12.1 Å². The molecule has 6 nitrogen and oxygen atoms in total. The molecule has 0 radical (unpaired) electrons. The van der Waals surface area contributed by atoms with Crippen LogP contribution in [-0.2, 0) is 14.3 Å². The second kappa shape index (κ2) is 9.27. The molecule has 1 aliphatic carbocycles. The van der Waals surface area contributed by atoms with E-state index in [9.17, 15) is 14.7 Å². The number of hydrogen-bond donors (Lipinski definition) is 1. The molecule has 26 heavy (non-hydrogen) atoms. The number of esters is 1. The van der Waals surface area contributed by atoms with E-state index in [1.165, 1.54) is 25.7 Å². The fraction of sp³-hybridized carbons (Fsp3) is 0.500. The van der Waals surface area contributed by atoms with Crippen molar-refractivity contribution in [3.05, 3.63) is 29.8 Å². The maximum absolute atomic E-state index is 12.5. The van der Waals surface area contributed by atoms with Gasteiger partial charge in [-0.05, 0) is 43.5 Å². The van der Waals surface area contributed by atoms with Crippen molar-refractivity contribution in [2.45, 2.75) is 51.2 Å². The van der Waals surface area contributed by atoms with E-state index in [1.807, 2.05) is 0 Å². The van der Waals surface area contributed by atoms with Gasteiger partial charge in [-0.1, -0.05) is 25.3 Å². The minimum Gasteiger partial charge on any atom is -0.504 e. The van der Waals surface area contributed by atoms with Gasteiger partial charge in [-0.25, -0.2) is 4.79 Å². The summed E-state index contributed by atoms with van der Waals surface area (Å²) in [6.07, 6.45) is 7.48. The van der Waals surface area contributed by atoms with Crippen LogP contribution in [0.4, 0.5) is 0 Å². The summed E-state index contributed by atoms with van der Waals surface area (Å²) in [7, 11) is 3.23. The van der Waals surface area contributed by atoms with Gasteiger partial charge in [0, 0.05) is 19.2 Å². The Morgan fingerprint density at radius 2 is 1.96 bits per heavy atom. The van der Waals surface area contributed by atoms with Crippen molar-refractivity contribution in [1.29, 1.82) is 0 Å². The van der Waals surface area contributed by atoms with Crippen LogP contribution < -0.4 is 4.74 Å². The molecule has 0 saturated heterocycles. The maximum Gasteiger partial charge on any atom is 0.331 e. The zero-order valence-corrected chi connectivity index (χ0v) is 15.6. The molecule has 0 unspecified atom stereocenters. The average molecular weight is 361 g/mol. The van der Waals surface area contributed by atoms with Crippen LogP contribution in [0.3, 0.4) is 0 Å². The zero-order valence-electron chi connectivity index (χ0n) is 15.6. The maximum atomic E-state index is 12.5. The van der Waals surface area contributed by atoms with Crippen molar-refractivity contribution >= 4 is 18.0 Å². The van der Waals surface area contributed by atoms with E-state index in [0.717, 1.165) is 25.7 Å². The Bertz CT molecular complexity index is 664. The summed E-state index contributed by atoms with van der Waals surface area (Å²) in [5.74, 6) is -0.421. The van der Waals surface area contributed by atoms with Crippen LogP contribution in [0.2, 0.25) is 0 Å². The topological polar surface area (TPSA) is 76.1 Å². The van der Waals surface area contributed by atoms with Crippen molar-refractivity contribution in [1.82, 2.24) is 4.90 Å². The Hall–Kier alpha value is -2.50. The van der Waals surface area contributed by atoms with Gasteiger partial charge in [-0.2, -0.15) is 0 Å². The van der Waals surface area contributed by atoms with Crippen molar-refractivity contribution in [3.8, 4) is 11.5 Å². The largest absolute Gasteiger partial charge is 0.504 e. The molecule has 1 saturated carbocycles. The standard InChI is InChI=1S/C20H27NO5/c1-14(20(24)21(2)16-7-5-4-6-8-16)26-19(23)12-10-15-9-11-17(22)18(13-15)25-3/h9-14,16,22H,4-8H2,1-3H3/b12-10+/t14-/m0/s1. The Balaban J connectivity index is 1.90. The van der Waals surface area contributed by atoms with Gasteiger partial charge in [0.15, 0.2) is 17.6 Å². The molecule has 1 aromatic carbocycles. The number of benzene rings is 1. The van der Waals surface area contributed by atoms with E-state index in [-0.39, 0.29) is 17.7 Å². The monoisotopic (exact) mass is 361 g/mol. The van der Waals surface area contributed by atoms with Crippen LogP contribution in [0.1, 0.15) is 44.6 Å². The van der Waals surface area contributed by atoms with Crippen LogP contribution >= 0.6 is 0 Å². The number of hydrogen-bond acceptors (Lipinski definition) is 5. The number of rotatable bonds is 6. The molecule has 1 aliphatic rings. The Kier molecular flexibility index (Phi) is 7.06. The van der Waals surface area contributed by atoms with Crippen LogP contribution in [-0.4, -0.2) is 48.2 Å². The molecule has 1 fully saturated rings. The lowest BCUT2D eigenvalue weighted by molar-refractivity contribution is -0.156. The summed E-state index contributed by atoms with van der Waals surface area (Å²) >= 11 is 0. The van der Waals surface area contributed by atoms with Gasteiger partial charge in [-0.15, -0.1) is 0 Å². The molecule has 2 rings (SSSR count). The third kappa shape index (κ3) is 5.25. The van der Waals surface area contributed by atoms with Crippen molar-refractivity contribution < 1.29 is 24.2 Å². The van der Waals surface area contributed by atoms with Crippen molar-refractivity contribution in [2.24, 2.45) is 0 Å². The first-order valence-corrected chi connectivity index (χ1v) is 8.94. The SMILES string of the molecule is COc1cc(/C=C/C(=O)O[C@@H](C)C(=O)N(C)C2CCCCC2)ccc1O. The number of phenols is 1. The molecule has 1 N–H and O–H groups in total. The van der Waals surface area contributed by atoms with Gasteiger partial charge in [0.05, 0.1) is 7.11 Å². The van der Waals surface area contributed by atoms with Gasteiger partial charge in [0.1, 0.15) is 0 Å². The molecule has 1 atom stereocenters. The second-order valence-corrected chi connectivity index (χ2v) is 6.58. The van der Waals surface area contributed by atoms with Crippen LogP contribution in [0, 0.1) is 0 Å². The molecule has 0 heterocycles. The number of aromatic hydroxyl groups is 1. The predicted molar refractivity (Wildman–Crippen MR) is 98.9 cm³/mol. The highest BCUT2D eigenvalue weighted by Gasteiger charge is 2.27. The van der Waals surface area contributed by atoms with Gasteiger partial charge in [-0.3, -0.25) is 4.79 Å². The second-order valence-electron chi connectivity index (χ2n) is 6.58. The third-order valence-electron chi connectivity index (χ3n) is 4.73. The molecule has 0 aromatic heterocycles. The third-order valence-corrected chi connectivity index (χ3v) is 4.73. The smallest absolute Gasteiger partial charge is 0.331 e. The summed E-state index contributed by atoms with van der Waals surface area (Å²) in [4.78, 5) is 26.2. The minimum absolute atomic E-state index is 0.0252. The van der Waals surface area contributed by atoms with Gasteiger partial charge in [0.25, 0.3) is 5.91 Å². The molecular weight excluding hydrogens is 334 g/mol. The Labute approximate surface area is 154 Å². The summed E-state index contributed by atoms with van der Waals surface area (Å²) in [6.45, 7) is 1.59. The van der Waals surface area contributed by atoms with Gasteiger partial charge >= 0.3 is 5.97 Å². The number of carbonyl (C=O) groups excluding carboxylic acids is 2. The number of phenolic OH excluding ortho intramolecular Hbond substituents is 1. The number of amides is 1.